The summed E-state index contributed by atoms with van der Waals surface area (Å²) in [6.45, 7) is 7.26. The van der Waals surface area contributed by atoms with Crippen LogP contribution in [0.4, 0.5) is 18.9 Å². The maximum absolute atomic E-state index is 15.5. The molecule has 2 aliphatic rings. The lowest BCUT2D eigenvalue weighted by atomic mass is 9.79. The summed E-state index contributed by atoms with van der Waals surface area (Å²) in [5.74, 6) is -5.37. The quantitative estimate of drug-likeness (QED) is 0.310. The minimum absolute atomic E-state index is 0.0693. The predicted molar refractivity (Wildman–Crippen MR) is 167 cm³/mol. The predicted octanol–water partition coefficient (Wildman–Crippen LogP) is 5.12. The van der Waals surface area contributed by atoms with Crippen LogP contribution in [0.5, 0.6) is 0 Å². The van der Waals surface area contributed by atoms with E-state index in [1.807, 2.05) is 6.92 Å². The minimum atomic E-state index is -2.86. The second-order valence-corrected chi connectivity index (χ2v) is 12.2. The highest BCUT2D eigenvalue weighted by Crippen LogP contribution is 2.32. The Morgan fingerprint density at radius 3 is 2.33 bits per heavy atom. The van der Waals surface area contributed by atoms with Crippen molar-refractivity contribution in [1.29, 1.82) is 0 Å². The van der Waals surface area contributed by atoms with Gasteiger partial charge in [0.05, 0.1) is 5.69 Å². The molecule has 1 aromatic carbocycles. The molecule has 1 saturated carbocycles. The Labute approximate surface area is 267 Å². The number of hydrogen-bond donors (Lipinski definition) is 3. The number of carbonyl (C=O) groups excluding carboxylic acids is 4. The number of benzene rings is 1. The number of aromatic nitrogens is 2. The number of halogens is 3. The lowest BCUT2D eigenvalue weighted by molar-refractivity contribution is -0.135. The third kappa shape index (κ3) is 8.35. The van der Waals surface area contributed by atoms with Gasteiger partial charge in [-0.2, -0.15) is 5.10 Å². The molecule has 2 fully saturated rings. The van der Waals surface area contributed by atoms with E-state index in [0.717, 1.165) is 31.7 Å². The Balaban J connectivity index is 1.57. The van der Waals surface area contributed by atoms with Gasteiger partial charge in [-0.3, -0.25) is 23.9 Å². The summed E-state index contributed by atoms with van der Waals surface area (Å²) in [7, 11) is 0. The van der Waals surface area contributed by atoms with E-state index in [4.69, 9.17) is 0 Å². The van der Waals surface area contributed by atoms with Crippen molar-refractivity contribution in [3.05, 3.63) is 53.2 Å². The number of hydrogen-bond acceptors (Lipinski definition) is 5. The Morgan fingerprint density at radius 1 is 1.04 bits per heavy atom. The fourth-order valence-electron chi connectivity index (χ4n) is 5.94. The molecule has 0 bridgehead atoms. The Morgan fingerprint density at radius 2 is 1.72 bits per heavy atom. The zero-order valence-corrected chi connectivity index (χ0v) is 26.8. The maximum Gasteiger partial charge on any atom is 0.270 e. The molecule has 4 rings (SSSR count). The van der Waals surface area contributed by atoms with Crippen LogP contribution in [-0.2, 0) is 20.9 Å². The van der Waals surface area contributed by atoms with E-state index in [0.29, 0.717) is 18.2 Å². The van der Waals surface area contributed by atoms with Crippen molar-refractivity contribution in [3.63, 3.8) is 0 Å². The summed E-state index contributed by atoms with van der Waals surface area (Å²) in [4.78, 5) is 53.7. The molecule has 1 aromatic heterocycles. The smallest absolute Gasteiger partial charge is 0.270 e. The number of nitrogens with zero attached hydrogens (tertiary/aromatic N) is 3. The molecule has 0 unspecified atom stereocenters. The standard InChI is InChI=1S/C33H43F3N6O4/c1-5-27(43)39-28(32(46)41-17-14-33(35,36)15-18-41)21(4)23-11-12-25(24(34)19-23)38-31(45)29(22-9-7-20(3)8-10-22)40-30(44)26-13-16-37-42(26)6-2/h11-13,16,19-20,22,29H,5-10,14-15,17-18H2,1-4H3,(H,38,45)(H,39,43)(H,40,44)/b28-21+/t20-,22-,29-/m0/s1. The van der Waals surface area contributed by atoms with Crippen LogP contribution in [0.2, 0.25) is 0 Å². The third-order valence-electron chi connectivity index (χ3n) is 8.97. The molecule has 1 saturated heterocycles. The number of carbonyl (C=O) groups is 4. The Kier molecular flexibility index (Phi) is 11.3. The fraction of sp³-hybridized carbons (Fsp3) is 0.545. The normalized spacial score (nSPS) is 20.7. The van der Waals surface area contributed by atoms with Crippen molar-refractivity contribution >= 4 is 34.9 Å². The highest BCUT2D eigenvalue weighted by atomic mass is 19.3. The molecule has 13 heteroatoms. The molecule has 2 aromatic rings. The van der Waals surface area contributed by atoms with Gasteiger partial charge in [-0.05, 0) is 67.9 Å². The molecule has 1 aliphatic carbocycles. The summed E-state index contributed by atoms with van der Waals surface area (Å²) in [6.07, 6.45) is 3.88. The van der Waals surface area contributed by atoms with Crippen LogP contribution >= 0.6 is 0 Å². The van der Waals surface area contributed by atoms with Gasteiger partial charge < -0.3 is 20.9 Å². The van der Waals surface area contributed by atoms with Crippen molar-refractivity contribution in [2.45, 2.75) is 91.1 Å². The molecule has 1 aliphatic heterocycles. The van der Waals surface area contributed by atoms with E-state index in [1.54, 1.807) is 13.0 Å². The van der Waals surface area contributed by atoms with E-state index in [9.17, 15) is 28.0 Å². The average molecular weight is 645 g/mol. The molecule has 3 N–H and O–H groups in total. The first-order valence-corrected chi connectivity index (χ1v) is 15.9. The lowest BCUT2D eigenvalue weighted by Crippen LogP contribution is -2.49. The topological polar surface area (TPSA) is 125 Å². The summed E-state index contributed by atoms with van der Waals surface area (Å²) >= 11 is 0. The number of anilines is 1. The molecule has 0 radical (unpaired) electrons. The number of amides is 4. The molecule has 250 valence electrons. The van der Waals surface area contributed by atoms with E-state index >= 15 is 4.39 Å². The first-order valence-electron chi connectivity index (χ1n) is 15.9. The number of likely N-dealkylation sites (tertiary alicyclic amines) is 1. The average Bonchev–Trinajstić information content (AvgIpc) is 3.52. The van der Waals surface area contributed by atoms with Gasteiger partial charge >= 0.3 is 0 Å². The molecular formula is C33H43F3N6O4. The number of rotatable bonds is 10. The SMILES string of the molecule is CCC(=O)N/C(C(=O)N1CCC(F)(F)CC1)=C(\C)c1ccc(NC(=O)[C@@H](NC(=O)c2ccnn2CC)[C@H]2CC[C@H](C)CC2)c(F)c1. The van der Waals surface area contributed by atoms with Gasteiger partial charge in [-0.1, -0.05) is 32.8 Å². The zero-order chi connectivity index (χ0) is 33.6. The molecule has 2 heterocycles. The van der Waals surface area contributed by atoms with Crippen LogP contribution < -0.4 is 16.0 Å². The molecule has 10 nitrogen and oxygen atoms in total. The van der Waals surface area contributed by atoms with Crippen LogP contribution in [0.25, 0.3) is 5.57 Å². The van der Waals surface area contributed by atoms with Gasteiger partial charge in [0.2, 0.25) is 11.8 Å². The van der Waals surface area contributed by atoms with Gasteiger partial charge in [-0.15, -0.1) is 0 Å². The van der Waals surface area contributed by atoms with Crippen molar-refractivity contribution in [3.8, 4) is 0 Å². The first-order chi connectivity index (χ1) is 21.8. The van der Waals surface area contributed by atoms with Crippen molar-refractivity contribution < 1.29 is 32.3 Å². The van der Waals surface area contributed by atoms with Gasteiger partial charge in [-0.25, -0.2) is 13.2 Å². The van der Waals surface area contributed by atoms with Gasteiger partial charge in [0.25, 0.3) is 17.7 Å². The molecule has 4 amide bonds. The van der Waals surface area contributed by atoms with Crippen molar-refractivity contribution in [2.75, 3.05) is 18.4 Å². The molecular weight excluding hydrogens is 601 g/mol. The minimum Gasteiger partial charge on any atom is -0.339 e. The van der Waals surface area contributed by atoms with Crippen LogP contribution in [0.3, 0.4) is 0 Å². The Bertz CT molecular complexity index is 1470. The van der Waals surface area contributed by atoms with Crippen LogP contribution in [-0.4, -0.2) is 63.4 Å². The number of allylic oxidation sites excluding steroid dienone is 1. The summed E-state index contributed by atoms with van der Waals surface area (Å²) < 4.78 is 44.5. The molecule has 46 heavy (non-hydrogen) atoms. The van der Waals surface area contributed by atoms with Crippen molar-refractivity contribution in [1.82, 2.24) is 25.3 Å². The van der Waals surface area contributed by atoms with Crippen LogP contribution in [0.15, 0.2) is 36.2 Å². The second kappa shape index (κ2) is 15.0. The van der Waals surface area contributed by atoms with Gasteiger partial charge in [0.15, 0.2) is 0 Å². The lowest BCUT2D eigenvalue weighted by Gasteiger charge is -2.32. The van der Waals surface area contributed by atoms with Gasteiger partial charge in [0.1, 0.15) is 23.3 Å². The van der Waals surface area contributed by atoms with E-state index in [2.05, 4.69) is 28.0 Å². The van der Waals surface area contributed by atoms with E-state index < -0.39 is 54.3 Å². The van der Waals surface area contributed by atoms with E-state index in [1.165, 1.54) is 34.8 Å². The fourth-order valence-corrected chi connectivity index (χ4v) is 5.94. The number of alkyl halides is 2. The maximum atomic E-state index is 15.5. The van der Waals surface area contributed by atoms with Crippen LogP contribution in [0, 0.1) is 17.7 Å². The first kappa shape index (κ1) is 34.7. The number of aryl methyl sites for hydroxylation is 1. The van der Waals surface area contributed by atoms with Gasteiger partial charge in [0, 0.05) is 45.1 Å². The number of nitrogens with one attached hydrogen (secondary N) is 3. The summed E-state index contributed by atoms with van der Waals surface area (Å²) in [5.41, 5.74) is 0.591. The monoisotopic (exact) mass is 644 g/mol. The van der Waals surface area contributed by atoms with Crippen LogP contribution in [0.1, 0.15) is 88.7 Å². The summed E-state index contributed by atoms with van der Waals surface area (Å²) in [5, 5.41) is 12.2. The zero-order valence-electron chi connectivity index (χ0n) is 26.8. The van der Waals surface area contributed by atoms with E-state index in [-0.39, 0.29) is 47.9 Å². The highest BCUT2D eigenvalue weighted by molar-refractivity contribution is 6.04. The number of piperidine rings is 1. The Hall–Kier alpha value is -4.16. The highest BCUT2D eigenvalue weighted by Gasteiger charge is 2.37. The second-order valence-electron chi connectivity index (χ2n) is 12.2. The largest absolute Gasteiger partial charge is 0.339 e. The molecule has 0 spiro atoms. The van der Waals surface area contributed by atoms with Crippen molar-refractivity contribution in [2.24, 2.45) is 11.8 Å². The summed E-state index contributed by atoms with van der Waals surface area (Å²) in [6, 6.07) is 4.65. The molecule has 1 atom stereocenters. The third-order valence-corrected chi connectivity index (χ3v) is 8.97.